The summed E-state index contributed by atoms with van der Waals surface area (Å²) in [7, 11) is 0. The van der Waals surface area contributed by atoms with E-state index in [1.807, 2.05) is 39.8 Å². The highest BCUT2D eigenvalue weighted by atomic mass is 35.5. The second kappa shape index (κ2) is 9.80. The van der Waals surface area contributed by atoms with E-state index in [4.69, 9.17) is 23.8 Å². The first-order valence-corrected chi connectivity index (χ1v) is 11.4. The predicted molar refractivity (Wildman–Crippen MR) is 128 cm³/mol. The number of benzene rings is 1. The Bertz CT molecular complexity index is 1040. The van der Waals surface area contributed by atoms with Gasteiger partial charge in [-0.2, -0.15) is 10.2 Å². The molecule has 1 aliphatic rings. The SMILES string of the molecule is CCn1cc(CN2CCN(C(=S)Nc3cnn(Cc4cccc(Cl)c4)c3)CC2)c(C)n1. The average Bonchev–Trinajstić information content (AvgIpc) is 3.34. The maximum absolute atomic E-state index is 6.07. The Morgan fingerprint density at radius 1 is 1.13 bits per heavy atom. The molecular weight excluding hydrogens is 430 g/mol. The van der Waals surface area contributed by atoms with Crippen molar-refractivity contribution in [3.8, 4) is 0 Å². The molecule has 2 aromatic heterocycles. The summed E-state index contributed by atoms with van der Waals surface area (Å²) in [5, 5.41) is 13.8. The second-order valence-electron chi connectivity index (χ2n) is 7.85. The van der Waals surface area contributed by atoms with Gasteiger partial charge < -0.3 is 10.2 Å². The molecule has 1 N–H and O–H groups in total. The van der Waals surface area contributed by atoms with E-state index in [-0.39, 0.29) is 0 Å². The molecule has 1 aliphatic heterocycles. The molecular formula is C22H28ClN7S. The minimum Gasteiger partial charge on any atom is -0.346 e. The fraction of sp³-hybridized carbons (Fsp3) is 0.409. The van der Waals surface area contributed by atoms with E-state index >= 15 is 0 Å². The lowest BCUT2D eigenvalue weighted by Crippen LogP contribution is -2.49. The standard InChI is InChI=1S/C22H28ClN7S/c1-3-29-15-19(17(2)26-29)14-27-7-9-28(10-8-27)22(31)25-21-12-24-30(16-21)13-18-5-4-6-20(23)11-18/h4-6,11-12,15-16H,3,7-10,13-14H2,1-2H3,(H,25,31). The molecule has 1 fully saturated rings. The third-order valence-corrected chi connectivity index (χ3v) is 6.14. The van der Waals surface area contributed by atoms with Gasteiger partial charge in [-0.25, -0.2) is 0 Å². The minimum atomic E-state index is 0.668. The third-order valence-electron chi connectivity index (χ3n) is 5.54. The Morgan fingerprint density at radius 2 is 1.94 bits per heavy atom. The van der Waals surface area contributed by atoms with Gasteiger partial charge in [0, 0.05) is 62.2 Å². The number of hydrogen-bond donors (Lipinski definition) is 1. The molecule has 9 heteroatoms. The van der Waals surface area contributed by atoms with E-state index < -0.39 is 0 Å². The van der Waals surface area contributed by atoms with Gasteiger partial charge in [-0.15, -0.1) is 0 Å². The molecule has 0 amide bonds. The smallest absolute Gasteiger partial charge is 0.173 e. The molecule has 3 heterocycles. The summed E-state index contributed by atoms with van der Waals surface area (Å²) in [4.78, 5) is 4.69. The van der Waals surface area contributed by atoms with E-state index in [9.17, 15) is 0 Å². The normalized spacial score (nSPS) is 14.7. The summed E-state index contributed by atoms with van der Waals surface area (Å²) in [6, 6.07) is 7.82. The third kappa shape index (κ3) is 5.64. The van der Waals surface area contributed by atoms with Gasteiger partial charge in [-0.05, 0) is 43.8 Å². The number of anilines is 1. The number of nitrogens with one attached hydrogen (secondary N) is 1. The molecule has 1 saturated heterocycles. The first-order valence-electron chi connectivity index (χ1n) is 10.6. The van der Waals surface area contributed by atoms with E-state index in [0.29, 0.717) is 6.54 Å². The number of piperazine rings is 1. The lowest BCUT2D eigenvalue weighted by Gasteiger charge is -2.36. The highest BCUT2D eigenvalue weighted by Gasteiger charge is 2.20. The van der Waals surface area contributed by atoms with Crippen LogP contribution in [0, 0.1) is 6.92 Å². The molecule has 1 aromatic carbocycles. The zero-order valence-electron chi connectivity index (χ0n) is 18.0. The van der Waals surface area contributed by atoms with Crippen LogP contribution in [0.5, 0.6) is 0 Å². The summed E-state index contributed by atoms with van der Waals surface area (Å²) in [5.41, 5.74) is 4.44. The van der Waals surface area contributed by atoms with Crippen molar-refractivity contribution in [1.82, 2.24) is 29.4 Å². The van der Waals surface area contributed by atoms with Crippen molar-refractivity contribution in [2.45, 2.75) is 33.5 Å². The lowest BCUT2D eigenvalue weighted by atomic mass is 10.2. The number of thiocarbonyl (C=S) groups is 1. The van der Waals surface area contributed by atoms with Crippen LogP contribution in [0.4, 0.5) is 5.69 Å². The van der Waals surface area contributed by atoms with Gasteiger partial charge in [0.05, 0.1) is 24.1 Å². The van der Waals surface area contributed by atoms with Gasteiger partial charge in [0.15, 0.2) is 5.11 Å². The predicted octanol–water partition coefficient (Wildman–Crippen LogP) is 3.62. The van der Waals surface area contributed by atoms with E-state index in [0.717, 1.165) is 66.3 Å². The Balaban J connectivity index is 1.26. The Kier molecular flexibility index (Phi) is 6.89. The fourth-order valence-electron chi connectivity index (χ4n) is 3.77. The number of aryl methyl sites for hydroxylation is 2. The van der Waals surface area contributed by atoms with Crippen molar-refractivity contribution >= 4 is 34.6 Å². The van der Waals surface area contributed by atoms with Gasteiger partial charge in [0.2, 0.25) is 0 Å². The summed E-state index contributed by atoms with van der Waals surface area (Å²) < 4.78 is 3.89. The summed E-state index contributed by atoms with van der Waals surface area (Å²) >= 11 is 11.7. The zero-order chi connectivity index (χ0) is 21.8. The molecule has 0 spiro atoms. The highest BCUT2D eigenvalue weighted by molar-refractivity contribution is 7.80. The van der Waals surface area contributed by atoms with E-state index in [1.165, 1.54) is 5.56 Å². The van der Waals surface area contributed by atoms with Crippen molar-refractivity contribution in [1.29, 1.82) is 0 Å². The second-order valence-corrected chi connectivity index (χ2v) is 8.67. The van der Waals surface area contributed by atoms with E-state index in [1.54, 1.807) is 6.20 Å². The Hall–Kier alpha value is -2.42. The molecule has 164 valence electrons. The molecule has 3 aromatic rings. The van der Waals surface area contributed by atoms with Gasteiger partial charge in [0.25, 0.3) is 0 Å². The topological polar surface area (TPSA) is 54.1 Å². The van der Waals surface area contributed by atoms with Crippen LogP contribution < -0.4 is 5.32 Å². The molecule has 0 radical (unpaired) electrons. The summed E-state index contributed by atoms with van der Waals surface area (Å²) in [6.07, 6.45) is 5.94. The fourth-order valence-corrected chi connectivity index (χ4v) is 4.28. The largest absolute Gasteiger partial charge is 0.346 e. The molecule has 0 aliphatic carbocycles. The lowest BCUT2D eigenvalue weighted by molar-refractivity contribution is 0.176. The quantitative estimate of drug-likeness (QED) is 0.570. The first kappa shape index (κ1) is 21.8. The highest BCUT2D eigenvalue weighted by Crippen LogP contribution is 2.15. The number of hydrogen-bond acceptors (Lipinski definition) is 4. The number of rotatable bonds is 6. The van der Waals surface area contributed by atoms with Gasteiger partial charge >= 0.3 is 0 Å². The van der Waals surface area contributed by atoms with Crippen LogP contribution in [0.25, 0.3) is 0 Å². The van der Waals surface area contributed by atoms with Gasteiger partial charge in [-0.3, -0.25) is 14.3 Å². The minimum absolute atomic E-state index is 0.668. The monoisotopic (exact) mass is 457 g/mol. The van der Waals surface area contributed by atoms with Crippen molar-refractivity contribution in [3.63, 3.8) is 0 Å². The van der Waals surface area contributed by atoms with E-state index in [2.05, 4.69) is 45.4 Å². The maximum atomic E-state index is 6.07. The summed E-state index contributed by atoms with van der Waals surface area (Å²) in [5.74, 6) is 0. The Labute approximate surface area is 193 Å². The van der Waals surface area contributed by atoms with Crippen molar-refractivity contribution in [2.75, 3.05) is 31.5 Å². The average molecular weight is 458 g/mol. The molecule has 0 bridgehead atoms. The maximum Gasteiger partial charge on any atom is 0.173 e. The number of aromatic nitrogens is 4. The van der Waals surface area contributed by atoms with Crippen LogP contribution in [0.2, 0.25) is 5.02 Å². The zero-order valence-corrected chi connectivity index (χ0v) is 19.5. The van der Waals surface area contributed by atoms with Crippen LogP contribution in [-0.2, 0) is 19.6 Å². The van der Waals surface area contributed by atoms with Crippen LogP contribution in [0.15, 0.2) is 42.9 Å². The van der Waals surface area contributed by atoms with Crippen molar-refractivity contribution in [3.05, 3.63) is 64.7 Å². The van der Waals surface area contributed by atoms with Crippen LogP contribution in [0.3, 0.4) is 0 Å². The van der Waals surface area contributed by atoms with Crippen molar-refractivity contribution in [2.24, 2.45) is 0 Å². The molecule has 0 unspecified atom stereocenters. The summed E-state index contributed by atoms with van der Waals surface area (Å²) in [6.45, 7) is 10.5. The molecule has 7 nitrogen and oxygen atoms in total. The molecule has 0 saturated carbocycles. The molecule has 4 rings (SSSR count). The van der Waals surface area contributed by atoms with Crippen LogP contribution >= 0.6 is 23.8 Å². The molecule has 0 atom stereocenters. The van der Waals surface area contributed by atoms with Crippen LogP contribution in [0.1, 0.15) is 23.7 Å². The van der Waals surface area contributed by atoms with Gasteiger partial charge in [0.1, 0.15) is 0 Å². The van der Waals surface area contributed by atoms with Gasteiger partial charge in [-0.1, -0.05) is 23.7 Å². The number of halogens is 1. The number of nitrogens with zero attached hydrogens (tertiary/aromatic N) is 6. The van der Waals surface area contributed by atoms with Crippen molar-refractivity contribution < 1.29 is 0 Å². The van der Waals surface area contributed by atoms with Crippen LogP contribution in [-0.4, -0.2) is 60.7 Å². The first-order chi connectivity index (χ1) is 15.0. The Morgan fingerprint density at radius 3 is 2.65 bits per heavy atom. The molecule has 31 heavy (non-hydrogen) atoms.